The third-order valence-electron chi connectivity index (χ3n) is 3.96. The van der Waals surface area contributed by atoms with Gasteiger partial charge in [0.2, 0.25) is 0 Å². The Balaban J connectivity index is 1.58. The van der Waals surface area contributed by atoms with Gasteiger partial charge in [-0.3, -0.25) is 25.2 Å². The molecule has 148 valence electrons. The van der Waals surface area contributed by atoms with E-state index in [4.69, 9.17) is 4.74 Å². The molecule has 0 spiro atoms. The molecular formula is C21H18FN3O4. The number of amides is 2. The summed E-state index contributed by atoms with van der Waals surface area (Å²) in [6.45, 7) is -0.120. The summed E-state index contributed by atoms with van der Waals surface area (Å²) in [5.41, 5.74) is 4.42. The van der Waals surface area contributed by atoms with Crippen LogP contribution in [-0.2, 0) is 11.3 Å². The Hall–Kier alpha value is -3.94. The van der Waals surface area contributed by atoms with Crippen LogP contribution >= 0.6 is 0 Å². The maximum absolute atomic E-state index is 13.0. The second-order valence-electron chi connectivity index (χ2n) is 6.09. The third kappa shape index (κ3) is 5.52. The quantitative estimate of drug-likeness (QED) is 0.624. The van der Waals surface area contributed by atoms with E-state index in [1.54, 1.807) is 42.5 Å². The van der Waals surface area contributed by atoms with Crippen molar-refractivity contribution in [3.8, 4) is 5.75 Å². The summed E-state index contributed by atoms with van der Waals surface area (Å²) in [4.78, 5) is 36.6. The van der Waals surface area contributed by atoms with E-state index in [1.807, 2.05) is 6.07 Å². The topological polar surface area (TPSA) is 89.4 Å². The molecule has 0 aliphatic rings. The van der Waals surface area contributed by atoms with Gasteiger partial charge in [0.15, 0.2) is 6.61 Å². The predicted octanol–water partition coefficient (Wildman–Crippen LogP) is 1.88. The average molecular weight is 395 g/mol. The van der Waals surface area contributed by atoms with Crippen LogP contribution in [0.2, 0.25) is 0 Å². The smallest absolute Gasteiger partial charge is 0.276 e. The Morgan fingerprint density at radius 3 is 2.38 bits per heavy atom. The molecule has 0 radical (unpaired) electrons. The van der Waals surface area contributed by atoms with Crippen LogP contribution in [0.15, 0.2) is 77.7 Å². The number of halogens is 1. The van der Waals surface area contributed by atoms with Crippen molar-refractivity contribution < 1.29 is 18.7 Å². The van der Waals surface area contributed by atoms with Gasteiger partial charge in [0.05, 0.1) is 6.54 Å². The van der Waals surface area contributed by atoms with Crippen molar-refractivity contribution in [2.45, 2.75) is 6.54 Å². The number of carbonyl (C=O) groups is 2. The number of pyridine rings is 1. The summed E-state index contributed by atoms with van der Waals surface area (Å²) >= 11 is 0. The standard InChI is InChI=1S/C21H18FN3O4/c22-16-10-8-15(9-11-16)13-25-12-4-7-18(21(25)28)20(27)24-23-19(26)14-29-17-5-2-1-3-6-17/h1-12H,13-14H2,(H,23,26)(H,24,27). The molecule has 3 aromatic rings. The molecule has 2 N–H and O–H groups in total. The Kier molecular flexibility index (Phi) is 6.36. The van der Waals surface area contributed by atoms with Gasteiger partial charge in [-0.05, 0) is 42.0 Å². The fourth-order valence-electron chi connectivity index (χ4n) is 2.52. The highest BCUT2D eigenvalue weighted by Crippen LogP contribution is 2.07. The lowest BCUT2D eigenvalue weighted by Gasteiger charge is -2.10. The van der Waals surface area contributed by atoms with E-state index in [0.29, 0.717) is 11.3 Å². The Bertz CT molecular complexity index is 1050. The zero-order valence-electron chi connectivity index (χ0n) is 15.3. The minimum Gasteiger partial charge on any atom is -0.484 e. The molecular weight excluding hydrogens is 377 g/mol. The first-order valence-electron chi connectivity index (χ1n) is 8.74. The van der Waals surface area contributed by atoms with Gasteiger partial charge in [-0.25, -0.2) is 4.39 Å². The van der Waals surface area contributed by atoms with E-state index in [9.17, 15) is 18.8 Å². The van der Waals surface area contributed by atoms with Gasteiger partial charge >= 0.3 is 0 Å². The molecule has 2 aromatic carbocycles. The van der Waals surface area contributed by atoms with Gasteiger partial charge in [-0.1, -0.05) is 30.3 Å². The zero-order valence-corrected chi connectivity index (χ0v) is 15.3. The highest BCUT2D eigenvalue weighted by molar-refractivity contribution is 5.95. The average Bonchev–Trinajstić information content (AvgIpc) is 2.74. The molecule has 0 aliphatic carbocycles. The zero-order chi connectivity index (χ0) is 20.6. The predicted molar refractivity (Wildman–Crippen MR) is 104 cm³/mol. The van der Waals surface area contributed by atoms with E-state index < -0.39 is 17.4 Å². The molecule has 3 rings (SSSR count). The van der Waals surface area contributed by atoms with Crippen molar-refractivity contribution in [3.63, 3.8) is 0 Å². The summed E-state index contributed by atoms with van der Waals surface area (Å²) in [5, 5.41) is 0. The largest absolute Gasteiger partial charge is 0.484 e. The summed E-state index contributed by atoms with van der Waals surface area (Å²) in [6, 6.07) is 17.3. The molecule has 0 unspecified atom stereocenters. The van der Waals surface area contributed by atoms with Crippen molar-refractivity contribution >= 4 is 11.8 Å². The Morgan fingerprint density at radius 2 is 1.66 bits per heavy atom. The fourth-order valence-corrected chi connectivity index (χ4v) is 2.52. The number of nitrogens with one attached hydrogen (secondary N) is 2. The molecule has 0 bridgehead atoms. The number of ether oxygens (including phenoxy) is 1. The summed E-state index contributed by atoms with van der Waals surface area (Å²) in [5.74, 6) is -1.19. The van der Waals surface area contributed by atoms with Gasteiger partial charge in [-0.2, -0.15) is 0 Å². The van der Waals surface area contributed by atoms with E-state index in [0.717, 1.165) is 0 Å². The Labute approximate surface area is 165 Å². The van der Waals surface area contributed by atoms with Crippen LogP contribution in [0, 0.1) is 5.82 Å². The van der Waals surface area contributed by atoms with Crippen LogP contribution in [0.1, 0.15) is 15.9 Å². The molecule has 0 aliphatic heterocycles. The van der Waals surface area contributed by atoms with Crippen molar-refractivity contribution in [1.82, 2.24) is 15.4 Å². The molecule has 1 aromatic heterocycles. The minimum atomic E-state index is -0.753. The maximum Gasteiger partial charge on any atom is 0.276 e. The van der Waals surface area contributed by atoms with Crippen LogP contribution in [-0.4, -0.2) is 23.0 Å². The number of aromatic nitrogens is 1. The van der Waals surface area contributed by atoms with Gasteiger partial charge in [0.25, 0.3) is 17.4 Å². The van der Waals surface area contributed by atoms with Gasteiger partial charge in [0.1, 0.15) is 17.1 Å². The maximum atomic E-state index is 13.0. The van der Waals surface area contributed by atoms with Gasteiger partial charge in [-0.15, -0.1) is 0 Å². The first-order valence-corrected chi connectivity index (χ1v) is 8.74. The number of nitrogens with zero attached hydrogens (tertiary/aromatic N) is 1. The second-order valence-corrected chi connectivity index (χ2v) is 6.09. The van der Waals surface area contributed by atoms with Crippen molar-refractivity contribution in [2.24, 2.45) is 0 Å². The molecule has 0 saturated heterocycles. The lowest BCUT2D eigenvalue weighted by Crippen LogP contribution is -2.45. The number of para-hydroxylation sites is 1. The van der Waals surface area contributed by atoms with Crippen LogP contribution < -0.4 is 21.1 Å². The second kappa shape index (κ2) is 9.32. The number of hydrogen-bond donors (Lipinski definition) is 2. The van der Waals surface area contributed by atoms with Crippen LogP contribution in [0.4, 0.5) is 4.39 Å². The minimum absolute atomic E-state index is 0.140. The van der Waals surface area contributed by atoms with E-state index in [1.165, 1.54) is 29.0 Å². The normalized spacial score (nSPS) is 10.2. The van der Waals surface area contributed by atoms with Crippen LogP contribution in [0.25, 0.3) is 0 Å². The van der Waals surface area contributed by atoms with E-state index in [2.05, 4.69) is 10.9 Å². The molecule has 7 nitrogen and oxygen atoms in total. The highest BCUT2D eigenvalue weighted by atomic mass is 19.1. The SMILES string of the molecule is O=C(COc1ccccc1)NNC(=O)c1cccn(Cc2ccc(F)cc2)c1=O. The van der Waals surface area contributed by atoms with Crippen molar-refractivity contribution in [1.29, 1.82) is 0 Å². The first-order chi connectivity index (χ1) is 14.0. The lowest BCUT2D eigenvalue weighted by molar-refractivity contribution is -0.123. The van der Waals surface area contributed by atoms with Crippen LogP contribution in [0.3, 0.4) is 0 Å². The number of benzene rings is 2. The highest BCUT2D eigenvalue weighted by Gasteiger charge is 2.13. The number of hydrogen-bond acceptors (Lipinski definition) is 4. The van der Waals surface area contributed by atoms with E-state index >= 15 is 0 Å². The number of hydrazine groups is 1. The molecule has 0 saturated carbocycles. The molecule has 8 heteroatoms. The number of carbonyl (C=O) groups excluding carboxylic acids is 2. The lowest BCUT2D eigenvalue weighted by atomic mass is 10.2. The van der Waals surface area contributed by atoms with Crippen molar-refractivity contribution in [2.75, 3.05) is 6.61 Å². The molecule has 1 heterocycles. The first kappa shape index (κ1) is 19.8. The summed E-state index contributed by atoms with van der Waals surface area (Å²) in [7, 11) is 0. The monoisotopic (exact) mass is 395 g/mol. The van der Waals surface area contributed by atoms with E-state index in [-0.39, 0.29) is 24.5 Å². The molecule has 2 amide bonds. The molecule has 0 fully saturated rings. The molecule has 29 heavy (non-hydrogen) atoms. The van der Waals surface area contributed by atoms with Gasteiger partial charge in [0, 0.05) is 6.20 Å². The summed E-state index contributed by atoms with van der Waals surface area (Å²) < 4.78 is 19.6. The van der Waals surface area contributed by atoms with Crippen LogP contribution in [0.5, 0.6) is 5.75 Å². The number of rotatable bonds is 6. The molecule has 0 atom stereocenters. The van der Waals surface area contributed by atoms with Gasteiger partial charge < -0.3 is 9.30 Å². The third-order valence-corrected chi connectivity index (χ3v) is 3.96. The van der Waals surface area contributed by atoms with Crippen molar-refractivity contribution in [3.05, 3.63) is 100 Å². The fraction of sp³-hybridized carbons (Fsp3) is 0.0952. The Morgan fingerprint density at radius 1 is 0.931 bits per heavy atom. The summed E-state index contributed by atoms with van der Waals surface area (Å²) in [6.07, 6.45) is 1.52.